The van der Waals surface area contributed by atoms with E-state index in [1.807, 2.05) is 11.0 Å². The summed E-state index contributed by atoms with van der Waals surface area (Å²) in [5.74, 6) is 0.616. The van der Waals surface area contributed by atoms with Gasteiger partial charge in [0.25, 0.3) is 0 Å². The van der Waals surface area contributed by atoms with Crippen molar-refractivity contribution >= 4 is 17.5 Å². The summed E-state index contributed by atoms with van der Waals surface area (Å²) >= 11 is 0. The molecule has 2 heterocycles. The second kappa shape index (κ2) is 8.52. The van der Waals surface area contributed by atoms with Crippen molar-refractivity contribution in [2.24, 2.45) is 11.3 Å². The van der Waals surface area contributed by atoms with Crippen molar-refractivity contribution in [3.63, 3.8) is 0 Å². The quantitative estimate of drug-likeness (QED) is 0.732. The largest absolute Gasteiger partial charge is 0.368 e. The smallest absolute Gasteiger partial charge is 0.223 e. The van der Waals surface area contributed by atoms with Crippen molar-refractivity contribution in [3.05, 3.63) is 30.3 Å². The van der Waals surface area contributed by atoms with Crippen LogP contribution in [0.2, 0.25) is 0 Å². The summed E-state index contributed by atoms with van der Waals surface area (Å²) in [6.45, 7) is 6.00. The predicted molar refractivity (Wildman–Crippen MR) is 110 cm³/mol. The van der Waals surface area contributed by atoms with Gasteiger partial charge in [0.2, 0.25) is 11.8 Å². The standard InChI is InChI=1S/C22H32N4O2/c27-20(26-15-13-25(14-16-26)18-5-2-1-3-6-18)7-4-10-24-21(28)19-17-22(19)8-11-23-12-9-22/h1-3,5-6,19,23H,4,7-17H2,(H,24,28). The summed E-state index contributed by atoms with van der Waals surface area (Å²) in [7, 11) is 0. The number of amides is 2. The highest BCUT2D eigenvalue weighted by Gasteiger charge is 2.57. The van der Waals surface area contributed by atoms with E-state index in [1.165, 1.54) is 5.69 Å². The van der Waals surface area contributed by atoms with E-state index in [-0.39, 0.29) is 23.1 Å². The lowest BCUT2D eigenvalue weighted by atomic mass is 9.92. The Balaban J connectivity index is 1.12. The second-order valence-corrected chi connectivity index (χ2v) is 8.47. The van der Waals surface area contributed by atoms with Crippen molar-refractivity contribution in [1.82, 2.24) is 15.5 Å². The summed E-state index contributed by atoms with van der Waals surface area (Å²) in [5, 5.41) is 6.44. The molecule has 28 heavy (non-hydrogen) atoms. The van der Waals surface area contributed by atoms with E-state index in [2.05, 4.69) is 39.8 Å². The topological polar surface area (TPSA) is 64.7 Å². The van der Waals surface area contributed by atoms with E-state index >= 15 is 0 Å². The van der Waals surface area contributed by atoms with Gasteiger partial charge in [0, 0.05) is 50.7 Å². The van der Waals surface area contributed by atoms with E-state index in [0.717, 1.165) is 65.0 Å². The van der Waals surface area contributed by atoms with Crippen LogP contribution in [0.25, 0.3) is 0 Å². The van der Waals surface area contributed by atoms with Crippen LogP contribution < -0.4 is 15.5 Å². The summed E-state index contributed by atoms with van der Waals surface area (Å²) in [5.41, 5.74) is 1.51. The van der Waals surface area contributed by atoms with E-state index in [4.69, 9.17) is 0 Å². The average molecular weight is 385 g/mol. The number of benzene rings is 1. The molecule has 152 valence electrons. The molecule has 4 rings (SSSR count). The first-order valence-corrected chi connectivity index (χ1v) is 10.7. The molecule has 1 aliphatic carbocycles. The lowest BCUT2D eigenvalue weighted by molar-refractivity contribution is -0.132. The molecule has 0 bridgehead atoms. The Morgan fingerprint density at radius 2 is 1.79 bits per heavy atom. The maximum atomic E-state index is 12.5. The average Bonchev–Trinajstić information content (AvgIpc) is 3.45. The first kappa shape index (κ1) is 19.2. The van der Waals surface area contributed by atoms with Crippen molar-refractivity contribution in [1.29, 1.82) is 0 Å². The fraction of sp³-hybridized carbons (Fsp3) is 0.636. The van der Waals surface area contributed by atoms with Crippen LogP contribution in [0.1, 0.15) is 32.1 Å². The highest BCUT2D eigenvalue weighted by atomic mass is 16.2. The zero-order chi connectivity index (χ0) is 19.4. The molecule has 0 aromatic heterocycles. The SMILES string of the molecule is O=C(NCCCC(=O)N1CCN(c2ccccc2)CC1)C1CC12CCNCC2. The number of piperidine rings is 1. The second-order valence-electron chi connectivity index (χ2n) is 8.47. The van der Waals surface area contributed by atoms with Crippen LogP contribution in [0.5, 0.6) is 0 Å². The predicted octanol–water partition coefficient (Wildman–Crippen LogP) is 1.62. The first-order valence-electron chi connectivity index (χ1n) is 10.7. The Hall–Kier alpha value is -2.08. The van der Waals surface area contributed by atoms with Crippen molar-refractivity contribution < 1.29 is 9.59 Å². The van der Waals surface area contributed by atoms with Gasteiger partial charge in [0.05, 0.1) is 0 Å². The maximum Gasteiger partial charge on any atom is 0.223 e. The van der Waals surface area contributed by atoms with Gasteiger partial charge >= 0.3 is 0 Å². The van der Waals surface area contributed by atoms with Crippen LogP contribution >= 0.6 is 0 Å². The van der Waals surface area contributed by atoms with Gasteiger partial charge in [-0.3, -0.25) is 9.59 Å². The molecule has 6 heteroatoms. The third-order valence-corrected chi connectivity index (χ3v) is 6.73. The highest BCUT2D eigenvalue weighted by Crippen LogP contribution is 2.58. The molecule has 3 aliphatic rings. The molecule has 3 fully saturated rings. The van der Waals surface area contributed by atoms with Crippen LogP contribution in [0.15, 0.2) is 30.3 Å². The van der Waals surface area contributed by atoms with E-state index in [9.17, 15) is 9.59 Å². The fourth-order valence-electron chi connectivity index (χ4n) is 4.78. The van der Waals surface area contributed by atoms with E-state index < -0.39 is 0 Å². The Morgan fingerprint density at radius 1 is 1.07 bits per heavy atom. The fourth-order valence-corrected chi connectivity index (χ4v) is 4.78. The Labute approximate surface area is 167 Å². The number of hydrogen-bond donors (Lipinski definition) is 2. The number of nitrogens with zero attached hydrogens (tertiary/aromatic N) is 2. The molecule has 1 spiro atoms. The van der Waals surface area contributed by atoms with Gasteiger partial charge in [-0.2, -0.15) is 0 Å². The van der Waals surface area contributed by atoms with Gasteiger partial charge in [-0.1, -0.05) is 18.2 Å². The highest BCUT2D eigenvalue weighted by molar-refractivity contribution is 5.82. The van der Waals surface area contributed by atoms with Crippen LogP contribution in [-0.4, -0.2) is 62.5 Å². The van der Waals surface area contributed by atoms with Gasteiger partial charge < -0.3 is 20.4 Å². The molecule has 0 radical (unpaired) electrons. The van der Waals surface area contributed by atoms with E-state index in [0.29, 0.717) is 13.0 Å². The molecule has 2 amide bonds. The number of nitrogens with one attached hydrogen (secondary N) is 2. The Bertz CT molecular complexity index is 679. The Morgan fingerprint density at radius 3 is 2.50 bits per heavy atom. The van der Waals surface area contributed by atoms with Crippen LogP contribution in [0, 0.1) is 11.3 Å². The first-order chi connectivity index (χ1) is 13.7. The van der Waals surface area contributed by atoms with Gasteiger partial charge in [0.15, 0.2) is 0 Å². The zero-order valence-electron chi connectivity index (χ0n) is 16.7. The summed E-state index contributed by atoms with van der Waals surface area (Å²) in [6.07, 6.45) is 4.54. The van der Waals surface area contributed by atoms with E-state index in [1.54, 1.807) is 0 Å². The third kappa shape index (κ3) is 4.32. The lowest BCUT2D eigenvalue weighted by Crippen LogP contribution is -2.48. The van der Waals surface area contributed by atoms with Gasteiger partial charge in [-0.25, -0.2) is 0 Å². The minimum Gasteiger partial charge on any atom is -0.368 e. The number of anilines is 1. The minimum absolute atomic E-state index is 0.200. The lowest BCUT2D eigenvalue weighted by Gasteiger charge is -2.36. The number of para-hydroxylation sites is 1. The van der Waals surface area contributed by atoms with Gasteiger partial charge in [0.1, 0.15) is 0 Å². The molecular weight excluding hydrogens is 352 g/mol. The van der Waals surface area contributed by atoms with Gasteiger partial charge in [-0.05, 0) is 56.3 Å². The van der Waals surface area contributed by atoms with Crippen molar-refractivity contribution in [3.8, 4) is 0 Å². The Kier molecular flexibility index (Phi) is 5.85. The molecule has 2 aliphatic heterocycles. The monoisotopic (exact) mass is 384 g/mol. The minimum atomic E-state index is 0.200. The van der Waals surface area contributed by atoms with Crippen LogP contribution in [0.3, 0.4) is 0 Å². The van der Waals surface area contributed by atoms with Gasteiger partial charge in [-0.15, -0.1) is 0 Å². The number of carbonyl (C=O) groups is 2. The number of hydrogen-bond acceptors (Lipinski definition) is 4. The number of carbonyl (C=O) groups excluding carboxylic acids is 2. The molecule has 1 aromatic carbocycles. The summed E-state index contributed by atoms with van der Waals surface area (Å²) < 4.78 is 0. The van der Waals surface area contributed by atoms with Crippen LogP contribution in [-0.2, 0) is 9.59 Å². The number of rotatable bonds is 6. The third-order valence-electron chi connectivity index (χ3n) is 6.73. The molecule has 2 N–H and O–H groups in total. The van der Waals surface area contributed by atoms with Crippen LogP contribution in [0.4, 0.5) is 5.69 Å². The molecule has 1 saturated carbocycles. The maximum absolute atomic E-state index is 12.5. The van der Waals surface area contributed by atoms with Crippen molar-refractivity contribution in [2.45, 2.75) is 32.1 Å². The molecular formula is C22H32N4O2. The molecule has 2 saturated heterocycles. The number of piperazine rings is 1. The molecule has 1 unspecified atom stereocenters. The normalized spacial score (nSPS) is 23.5. The molecule has 6 nitrogen and oxygen atoms in total. The summed E-state index contributed by atoms with van der Waals surface area (Å²) in [6, 6.07) is 10.4. The molecule has 1 aromatic rings. The van der Waals surface area contributed by atoms with Crippen molar-refractivity contribution in [2.75, 3.05) is 50.7 Å². The molecule has 1 atom stereocenters. The summed E-state index contributed by atoms with van der Waals surface area (Å²) in [4.78, 5) is 29.1. The zero-order valence-corrected chi connectivity index (χ0v) is 16.7.